The number of imidazole rings is 1. The van der Waals surface area contributed by atoms with Gasteiger partial charge >= 0.3 is 0 Å². The van der Waals surface area contributed by atoms with Crippen molar-refractivity contribution in [3.63, 3.8) is 0 Å². The summed E-state index contributed by atoms with van der Waals surface area (Å²) in [6, 6.07) is 8.44. The van der Waals surface area contributed by atoms with Crippen molar-refractivity contribution in [1.29, 1.82) is 0 Å². The Kier molecular flexibility index (Phi) is 6.97. The summed E-state index contributed by atoms with van der Waals surface area (Å²) < 4.78 is 28.8. The number of nitrogens with zero attached hydrogens (tertiary/aromatic N) is 4. The van der Waals surface area contributed by atoms with Gasteiger partial charge in [-0.1, -0.05) is 24.3 Å². The molecule has 0 radical (unpaired) electrons. The van der Waals surface area contributed by atoms with Gasteiger partial charge in [-0.3, -0.25) is 9.69 Å². The molecule has 0 spiro atoms. The first-order chi connectivity index (χ1) is 15.3. The molecule has 2 fully saturated rings. The maximum absolute atomic E-state index is 12.8. The Balaban J connectivity index is 1.24. The molecule has 4 rings (SSSR count). The molecule has 1 aromatic heterocycles. The average Bonchev–Trinajstić information content (AvgIpc) is 3.43. The van der Waals surface area contributed by atoms with E-state index >= 15 is 0 Å². The molecule has 0 saturated carbocycles. The quantitative estimate of drug-likeness (QED) is 0.685. The first-order valence-corrected chi connectivity index (χ1v) is 12.8. The van der Waals surface area contributed by atoms with E-state index in [1.54, 1.807) is 24.7 Å². The number of amides is 1. The number of carbonyl (C=O) groups excluding carboxylic acids is 1. The first-order valence-electron chi connectivity index (χ1n) is 11.4. The molecule has 174 valence electrons. The Labute approximate surface area is 190 Å². The Bertz CT molecular complexity index is 1010. The van der Waals surface area contributed by atoms with Crippen LogP contribution in [0, 0.1) is 12.8 Å². The second-order valence-corrected chi connectivity index (χ2v) is 10.8. The van der Waals surface area contributed by atoms with Crippen molar-refractivity contribution in [2.45, 2.75) is 50.7 Å². The van der Waals surface area contributed by atoms with Crippen LogP contribution < -0.4 is 5.32 Å². The summed E-state index contributed by atoms with van der Waals surface area (Å²) in [5, 5.41) is 3.10. The van der Waals surface area contributed by atoms with Crippen molar-refractivity contribution in [1.82, 2.24) is 24.1 Å². The molecule has 1 amide bonds. The molecule has 32 heavy (non-hydrogen) atoms. The zero-order chi connectivity index (χ0) is 22.7. The molecule has 2 saturated heterocycles. The standard InChI is InChI=1S/C23H33N5O3S/c1-18-25-22(17-26(18)2)32(30,31)28-13-9-21(10-14-28)23(29)24-15-19-5-7-20(8-6-19)16-27-11-3-4-12-27/h5-8,17,21H,3-4,9-16H2,1-2H3,(H,24,29). The van der Waals surface area contributed by atoms with Gasteiger partial charge in [-0.05, 0) is 56.8 Å². The molecule has 2 aliphatic heterocycles. The fourth-order valence-corrected chi connectivity index (χ4v) is 5.93. The van der Waals surface area contributed by atoms with Crippen LogP contribution in [0.3, 0.4) is 0 Å². The van der Waals surface area contributed by atoms with E-state index in [4.69, 9.17) is 0 Å². The van der Waals surface area contributed by atoms with Gasteiger partial charge in [0, 0.05) is 45.3 Å². The lowest BCUT2D eigenvalue weighted by molar-refractivity contribution is -0.126. The van der Waals surface area contributed by atoms with Gasteiger partial charge in [0.2, 0.25) is 5.91 Å². The maximum atomic E-state index is 12.8. The second-order valence-electron chi connectivity index (χ2n) is 8.93. The lowest BCUT2D eigenvalue weighted by atomic mass is 9.97. The number of carbonyl (C=O) groups is 1. The van der Waals surface area contributed by atoms with Crippen LogP contribution in [0.15, 0.2) is 35.5 Å². The van der Waals surface area contributed by atoms with E-state index in [-0.39, 0.29) is 16.9 Å². The lowest BCUT2D eigenvalue weighted by Crippen LogP contribution is -2.43. The van der Waals surface area contributed by atoms with Crippen LogP contribution >= 0.6 is 0 Å². The van der Waals surface area contributed by atoms with E-state index < -0.39 is 10.0 Å². The van der Waals surface area contributed by atoms with Gasteiger partial charge in [-0.2, -0.15) is 4.31 Å². The zero-order valence-electron chi connectivity index (χ0n) is 19.0. The minimum absolute atomic E-state index is 0.00290. The summed E-state index contributed by atoms with van der Waals surface area (Å²) in [4.78, 5) is 19.3. The predicted molar refractivity (Wildman–Crippen MR) is 122 cm³/mol. The highest BCUT2D eigenvalue weighted by molar-refractivity contribution is 7.89. The Morgan fingerprint density at radius 3 is 2.28 bits per heavy atom. The smallest absolute Gasteiger partial charge is 0.262 e. The third-order valence-corrected chi connectivity index (χ3v) is 8.38. The number of rotatable bonds is 7. The summed E-state index contributed by atoms with van der Waals surface area (Å²) in [6.07, 6.45) is 5.16. The van der Waals surface area contributed by atoms with E-state index in [9.17, 15) is 13.2 Å². The van der Waals surface area contributed by atoms with Crippen molar-refractivity contribution in [3.8, 4) is 0 Å². The predicted octanol–water partition coefficient (Wildman–Crippen LogP) is 2.04. The van der Waals surface area contributed by atoms with E-state index in [1.165, 1.54) is 35.8 Å². The lowest BCUT2D eigenvalue weighted by Gasteiger charge is -2.30. The van der Waals surface area contributed by atoms with Crippen molar-refractivity contribution in [2.24, 2.45) is 13.0 Å². The summed E-state index contributed by atoms with van der Waals surface area (Å²) in [7, 11) is -1.84. The highest BCUT2D eigenvalue weighted by Gasteiger charge is 2.33. The minimum atomic E-state index is -3.61. The maximum Gasteiger partial charge on any atom is 0.262 e. The summed E-state index contributed by atoms with van der Waals surface area (Å²) in [5.74, 6) is 0.486. The third-order valence-electron chi connectivity index (χ3n) is 6.61. The second kappa shape index (κ2) is 9.72. The van der Waals surface area contributed by atoms with Crippen LogP contribution in [-0.4, -0.2) is 59.3 Å². The molecular weight excluding hydrogens is 426 g/mol. The Hall–Kier alpha value is -2.23. The van der Waals surface area contributed by atoms with Gasteiger partial charge in [0.05, 0.1) is 0 Å². The van der Waals surface area contributed by atoms with Gasteiger partial charge in [0.1, 0.15) is 5.82 Å². The minimum Gasteiger partial charge on any atom is -0.352 e. The van der Waals surface area contributed by atoms with E-state index in [1.807, 2.05) is 0 Å². The van der Waals surface area contributed by atoms with E-state index in [2.05, 4.69) is 39.5 Å². The van der Waals surface area contributed by atoms with Gasteiger partial charge in [-0.25, -0.2) is 13.4 Å². The van der Waals surface area contributed by atoms with E-state index in [0.29, 0.717) is 38.3 Å². The fraction of sp³-hybridized carbons (Fsp3) is 0.565. The molecule has 0 unspecified atom stereocenters. The first kappa shape index (κ1) is 22.9. The number of sulfonamides is 1. The number of aryl methyl sites for hydroxylation is 2. The van der Waals surface area contributed by atoms with Crippen molar-refractivity contribution in [3.05, 3.63) is 47.4 Å². The topological polar surface area (TPSA) is 87.5 Å². The van der Waals surface area contributed by atoms with Crippen molar-refractivity contribution < 1.29 is 13.2 Å². The van der Waals surface area contributed by atoms with Crippen molar-refractivity contribution in [2.75, 3.05) is 26.2 Å². The summed E-state index contributed by atoms with van der Waals surface area (Å²) in [6.45, 7) is 6.29. The normalized spacial score (nSPS) is 18.8. The molecule has 9 heteroatoms. The number of aromatic nitrogens is 2. The molecular formula is C23H33N5O3S. The van der Waals surface area contributed by atoms with Gasteiger partial charge in [-0.15, -0.1) is 0 Å². The number of likely N-dealkylation sites (tertiary alicyclic amines) is 1. The summed E-state index contributed by atoms with van der Waals surface area (Å²) >= 11 is 0. The number of hydrogen-bond donors (Lipinski definition) is 1. The zero-order valence-corrected chi connectivity index (χ0v) is 19.8. The summed E-state index contributed by atoms with van der Waals surface area (Å²) in [5.41, 5.74) is 2.38. The average molecular weight is 460 g/mol. The SMILES string of the molecule is Cc1nc(S(=O)(=O)N2CCC(C(=O)NCc3ccc(CN4CCCC4)cc3)CC2)cn1C. The highest BCUT2D eigenvalue weighted by Crippen LogP contribution is 2.24. The van der Waals surface area contributed by atoms with Crippen molar-refractivity contribution >= 4 is 15.9 Å². The highest BCUT2D eigenvalue weighted by atomic mass is 32.2. The number of nitrogens with one attached hydrogen (secondary N) is 1. The van der Waals surface area contributed by atoms with Gasteiger partial charge < -0.3 is 9.88 Å². The largest absolute Gasteiger partial charge is 0.352 e. The Morgan fingerprint density at radius 2 is 1.69 bits per heavy atom. The fourth-order valence-electron chi connectivity index (χ4n) is 4.44. The monoisotopic (exact) mass is 459 g/mol. The molecule has 2 aromatic rings. The van der Waals surface area contributed by atoms with Crippen LogP contribution in [0.5, 0.6) is 0 Å². The molecule has 1 N–H and O–H groups in total. The third kappa shape index (κ3) is 5.22. The number of benzene rings is 1. The van der Waals surface area contributed by atoms with Crippen LogP contribution in [0.1, 0.15) is 42.6 Å². The van der Waals surface area contributed by atoms with Gasteiger partial charge in [0.25, 0.3) is 10.0 Å². The molecule has 2 aliphatic rings. The van der Waals surface area contributed by atoms with Gasteiger partial charge in [0.15, 0.2) is 5.03 Å². The molecule has 8 nitrogen and oxygen atoms in total. The van der Waals surface area contributed by atoms with Crippen LogP contribution in [0.25, 0.3) is 0 Å². The molecule has 0 aliphatic carbocycles. The molecule has 0 bridgehead atoms. The van der Waals surface area contributed by atoms with E-state index in [0.717, 1.165) is 12.1 Å². The molecule has 0 atom stereocenters. The number of piperidine rings is 1. The molecule has 1 aromatic carbocycles. The Morgan fingerprint density at radius 1 is 1.06 bits per heavy atom. The van der Waals surface area contributed by atoms with Crippen LogP contribution in [0.2, 0.25) is 0 Å². The van der Waals surface area contributed by atoms with Crippen LogP contribution in [-0.2, 0) is 35.0 Å². The number of hydrogen-bond acceptors (Lipinski definition) is 5. The van der Waals surface area contributed by atoms with Crippen LogP contribution in [0.4, 0.5) is 0 Å². The molecule has 3 heterocycles.